The lowest BCUT2D eigenvalue weighted by Gasteiger charge is -2.47. The van der Waals surface area contributed by atoms with Crippen LogP contribution in [-0.2, 0) is 0 Å². The molecule has 0 amide bonds. The van der Waals surface area contributed by atoms with Gasteiger partial charge in [0.15, 0.2) is 0 Å². The van der Waals surface area contributed by atoms with Crippen LogP contribution in [0.4, 0.5) is 11.8 Å². The predicted molar refractivity (Wildman–Crippen MR) is 75.1 cm³/mol. The molecule has 1 heterocycles. The molecule has 0 aromatic carbocycles. The summed E-state index contributed by atoms with van der Waals surface area (Å²) in [6.45, 7) is 2.93. The molecule has 0 aliphatic heterocycles. The first-order valence-corrected chi connectivity index (χ1v) is 6.50. The van der Waals surface area contributed by atoms with E-state index in [9.17, 15) is 0 Å². The summed E-state index contributed by atoms with van der Waals surface area (Å²) in [5.74, 6) is 1.57. The van der Waals surface area contributed by atoms with E-state index in [2.05, 4.69) is 39.6 Å². The van der Waals surface area contributed by atoms with Gasteiger partial charge in [-0.3, -0.25) is 0 Å². The Balaban J connectivity index is 2.03. The van der Waals surface area contributed by atoms with Gasteiger partial charge in [0.25, 0.3) is 0 Å². The molecule has 1 aromatic heterocycles. The highest BCUT2D eigenvalue weighted by Crippen LogP contribution is 2.36. The number of nitrogens with one attached hydrogen (secondary N) is 2. The van der Waals surface area contributed by atoms with Crippen molar-refractivity contribution < 1.29 is 0 Å². The van der Waals surface area contributed by atoms with Crippen molar-refractivity contribution in [2.45, 2.75) is 31.7 Å². The number of rotatable bonds is 5. The molecule has 5 heteroatoms. The third kappa shape index (κ3) is 2.56. The summed E-state index contributed by atoms with van der Waals surface area (Å²) in [5.41, 5.74) is 1.28. The van der Waals surface area contributed by atoms with Crippen molar-refractivity contribution in [2.75, 3.05) is 38.3 Å². The molecule has 0 atom stereocenters. The molecular weight excluding hydrogens is 226 g/mol. The fraction of sp³-hybridized carbons (Fsp3) is 0.692. The molecule has 1 aliphatic rings. The quantitative estimate of drug-likeness (QED) is 0.832. The Morgan fingerprint density at radius 3 is 2.56 bits per heavy atom. The van der Waals surface area contributed by atoms with Gasteiger partial charge in [-0.15, -0.1) is 0 Å². The minimum atomic E-state index is 0.304. The van der Waals surface area contributed by atoms with Gasteiger partial charge in [0.1, 0.15) is 5.82 Å². The van der Waals surface area contributed by atoms with E-state index in [4.69, 9.17) is 0 Å². The third-order valence-electron chi connectivity index (χ3n) is 3.91. The zero-order valence-corrected chi connectivity index (χ0v) is 11.7. The molecule has 1 aromatic rings. The summed E-state index contributed by atoms with van der Waals surface area (Å²) in [7, 11) is 6.15. The van der Waals surface area contributed by atoms with Gasteiger partial charge in [-0.1, -0.05) is 0 Å². The first-order valence-electron chi connectivity index (χ1n) is 6.50. The molecule has 1 aliphatic carbocycles. The van der Waals surface area contributed by atoms with E-state index < -0.39 is 0 Å². The van der Waals surface area contributed by atoms with E-state index in [0.29, 0.717) is 11.5 Å². The number of aryl methyl sites for hydroxylation is 1. The first-order chi connectivity index (χ1) is 8.55. The van der Waals surface area contributed by atoms with Crippen LogP contribution in [0.15, 0.2) is 6.07 Å². The molecule has 100 valence electrons. The summed E-state index contributed by atoms with van der Waals surface area (Å²) in [6.07, 6.45) is 3.84. The zero-order chi connectivity index (χ0) is 13.2. The molecule has 0 saturated heterocycles. The van der Waals surface area contributed by atoms with Crippen LogP contribution >= 0.6 is 0 Å². The van der Waals surface area contributed by atoms with Gasteiger partial charge in [0.2, 0.25) is 5.95 Å². The van der Waals surface area contributed by atoms with Gasteiger partial charge >= 0.3 is 0 Å². The summed E-state index contributed by atoms with van der Waals surface area (Å²) in [6, 6.07) is 1.99. The number of likely N-dealkylation sites (N-methyl/N-ethyl adjacent to an activating group) is 1. The van der Waals surface area contributed by atoms with Gasteiger partial charge in [0.05, 0.1) is 0 Å². The third-order valence-corrected chi connectivity index (χ3v) is 3.91. The normalized spacial score (nSPS) is 17.4. The molecule has 5 nitrogen and oxygen atoms in total. The van der Waals surface area contributed by atoms with E-state index in [1.54, 1.807) is 0 Å². The van der Waals surface area contributed by atoms with Crippen molar-refractivity contribution >= 4 is 11.8 Å². The van der Waals surface area contributed by atoms with Crippen molar-refractivity contribution in [3.8, 4) is 0 Å². The molecule has 0 unspecified atom stereocenters. The van der Waals surface area contributed by atoms with Crippen LogP contribution in [0.5, 0.6) is 0 Å². The van der Waals surface area contributed by atoms with E-state index >= 15 is 0 Å². The number of aromatic nitrogens is 2. The fourth-order valence-corrected chi connectivity index (χ4v) is 2.39. The molecule has 18 heavy (non-hydrogen) atoms. The highest BCUT2D eigenvalue weighted by molar-refractivity contribution is 5.42. The molecule has 2 N–H and O–H groups in total. The van der Waals surface area contributed by atoms with Gasteiger partial charge in [0, 0.05) is 30.9 Å². The van der Waals surface area contributed by atoms with E-state index in [1.165, 1.54) is 19.3 Å². The van der Waals surface area contributed by atoms with Crippen LogP contribution in [0.2, 0.25) is 0 Å². The number of hydrogen-bond donors (Lipinski definition) is 2. The Kier molecular flexibility index (Phi) is 3.71. The molecule has 2 rings (SSSR count). The second-order valence-electron chi connectivity index (χ2n) is 5.29. The Hall–Kier alpha value is -1.36. The lowest BCUT2D eigenvalue weighted by atomic mass is 9.75. The van der Waals surface area contributed by atoms with Gasteiger partial charge < -0.3 is 15.5 Å². The second kappa shape index (κ2) is 5.10. The molecule has 0 spiro atoms. The molecule has 1 saturated carbocycles. The molecule has 1 fully saturated rings. The number of hydrogen-bond acceptors (Lipinski definition) is 5. The van der Waals surface area contributed by atoms with Gasteiger partial charge in [-0.25, -0.2) is 4.98 Å². The Bertz CT molecular complexity index is 412. The summed E-state index contributed by atoms with van der Waals surface area (Å²) in [4.78, 5) is 11.0. The number of anilines is 2. The maximum absolute atomic E-state index is 4.42. The van der Waals surface area contributed by atoms with Crippen molar-refractivity contribution in [3.05, 3.63) is 11.8 Å². The fourth-order valence-electron chi connectivity index (χ4n) is 2.39. The van der Waals surface area contributed by atoms with Crippen LogP contribution in [0.3, 0.4) is 0 Å². The maximum Gasteiger partial charge on any atom is 0.224 e. The van der Waals surface area contributed by atoms with E-state index in [0.717, 1.165) is 18.1 Å². The van der Waals surface area contributed by atoms with Crippen LogP contribution in [-0.4, -0.2) is 48.1 Å². The van der Waals surface area contributed by atoms with Gasteiger partial charge in [-0.05, 0) is 40.3 Å². The Morgan fingerprint density at radius 2 is 2.06 bits per heavy atom. The Labute approximate surface area is 109 Å². The monoisotopic (exact) mass is 249 g/mol. The highest BCUT2D eigenvalue weighted by Gasteiger charge is 2.38. The van der Waals surface area contributed by atoms with Crippen LogP contribution in [0, 0.1) is 6.92 Å². The minimum Gasteiger partial charge on any atom is -0.368 e. The minimum absolute atomic E-state index is 0.304. The number of nitrogens with zero attached hydrogens (tertiary/aromatic N) is 3. The molecular formula is C13H23N5. The molecule has 0 bridgehead atoms. The van der Waals surface area contributed by atoms with Crippen molar-refractivity contribution in [2.24, 2.45) is 0 Å². The Morgan fingerprint density at radius 1 is 1.33 bits per heavy atom. The van der Waals surface area contributed by atoms with Crippen LogP contribution in [0.25, 0.3) is 0 Å². The summed E-state index contributed by atoms with van der Waals surface area (Å²) in [5, 5.41) is 6.43. The summed E-state index contributed by atoms with van der Waals surface area (Å²) >= 11 is 0. The maximum atomic E-state index is 4.42. The lowest BCUT2D eigenvalue weighted by Crippen LogP contribution is -2.54. The summed E-state index contributed by atoms with van der Waals surface area (Å²) < 4.78 is 0. The SMILES string of the molecule is CNc1nc(C)cc(NCC2(N(C)C)CCC2)n1. The van der Waals surface area contributed by atoms with E-state index in [-0.39, 0.29) is 0 Å². The topological polar surface area (TPSA) is 53.1 Å². The standard InChI is InChI=1S/C13H23N5/c1-10-8-11(17-12(14-2)16-10)15-9-13(18(3)4)6-5-7-13/h8H,5-7,9H2,1-4H3,(H2,14,15,16,17). The van der Waals surface area contributed by atoms with E-state index in [1.807, 2.05) is 20.0 Å². The van der Waals surface area contributed by atoms with Gasteiger partial charge in [-0.2, -0.15) is 4.98 Å². The van der Waals surface area contributed by atoms with Crippen LogP contribution in [0.1, 0.15) is 25.0 Å². The highest BCUT2D eigenvalue weighted by atomic mass is 15.2. The predicted octanol–water partition coefficient (Wildman–Crippen LogP) is 1.72. The lowest BCUT2D eigenvalue weighted by molar-refractivity contribution is 0.0738. The average molecular weight is 249 g/mol. The molecule has 0 radical (unpaired) electrons. The zero-order valence-electron chi connectivity index (χ0n) is 11.7. The smallest absolute Gasteiger partial charge is 0.224 e. The first kappa shape index (κ1) is 13.1. The van der Waals surface area contributed by atoms with Crippen molar-refractivity contribution in [1.29, 1.82) is 0 Å². The van der Waals surface area contributed by atoms with Crippen molar-refractivity contribution in [3.63, 3.8) is 0 Å². The van der Waals surface area contributed by atoms with Crippen LogP contribution < -0.4 is 10.6 Å². The average Bonchev–Trinajstić information content (AvgIpc) is 2.26. The largest absolute Gasteiger partial charge is 0.368 e. The second-order valence-corrected chi connectivity index (χ2v) is 5.29. The van der Waals surface area contributed by atoms with Crippen molar-refractivity contribution in [1.82, 2.24) is 14.9 Å².